The first kappa shape index (κ1) is 21.4. The monoisotopic (exact) mass is 398 g/mol. The third-order valence-electron chi connectivity index (χ3n) is 8.98. The minimum Gasteiger partial charge on any atom is -0.207 e. The highest BCUT2D eigenvalue weighted by Crippen LogP contribution is 2.45. The van der Waals surface area contributed by atoms with Crippen molar-refractivity contribution in [2.45, 2.75) is 116 Å². The summed E-state index contributed by atoms with van der Waals surface area (Å²) in [5.74, 6) is 4.88. The lowest BCUT2D eigenvalue weighted by atomic mass is 9.68. The van der Waals surface area contributed by atoms with Crippen LogP contribution in [0.5, 0.6) is 0 Å². The molecule has 0 spiro atoms. The molecule has 1 aromatic carbocycles. The molecule has 0 saturated heterocycles. The van der Waals surface area contributed by atoms with Crippen LogP contribution in [0.2, 0.25) is 0 Å². The highest BCUT2D eigenvalue weighted by Gasteiger charge is 2.31. The minimum atomic E-state index is 0.0909. The number of hydrogen-bond donors (Lipinski definition) is 0. The smallest absolute Gasteiger partial charge is 0.126 e. The molecule has 162 valence electrons. The van der Waals surface area contributed by atoms with Crippen molar-refractivity contribution in [2.75, 3.05) is 0 Å². The normalized spacial score (nSPS) is 36.1. The fourth-order valence-corrected chi connectivity index (χ4v) is 6.98. The Balaban J connectivity index is 1.31. The van der Waals surface area contributed by atoms with E-state index in [9.17, 15) is 0 Å². The van der Waals surface area contributed by atoms with E-state index in [0.29, 0.717) is 11.8 Å². The Hall–Kier alpha value is -0.850. The topological polar surface area (TPSA) is 0 Å². The Morgan fingerprint density at radius 1 is 0.759 bits per heavy atom. The number of halogens is 1. The average molecular weight is 399 g/mol. The van der Waals surface area contributed by atoms with Crippen LogP contribution in [0.1, 0.15) is 127 Å². The Morgan fingerprint density at radius 2 is 1.34 bits per heavy atom. The lowest BCUT2D eigenvalue weighted by molar-refractivity contribution is 0.164. The van der Waals surface area contributed by atoms with Gasteiger partial charge in [0.25, 0.3) is 0 Å². The van der Waals surface area contributed by atoms with Gasteiger partial charge >= 0.3 is 0 Å². The lowest BCUT2D eigenvalue weighted by Crippen LogP contribution is -2.25. The number of hydrogen-bond acceptors (Lipinski definition) is 0. The Bertz CT molecular complexity index is 626. The second-order valence-corrected chi connectivity index (χ2v) is 10.9. The van der Waals surface area contributed by atoms with Crippen LogP contribution in [-0.2, 0) is 0 Å². The first-order valence-corrected chi connectivity index (χ1v) is 12.9. The van der Waals surface area contributed by atoms with Gasteiger partial charge in [0.15, 0.2) is 0 Å². The standard InChI is InChI=1S/C28H43F/c1-3-4-21-7-11-24(12-8-21)26-17-18-27(28(29)19-26)25-15-13-23(14-16-25)22-9-5-20(2)6-10-22/h17-25H,3-16H2,1-2H3. The summed E-state index contributed by atoms with van der Waals surface area (Å²) in [4.78, 5) is 0. The Kier molecular flexibility index (Phi) is 7.35. The van der Waals surface area contributed by atoms with Gasteiger partial charge in [0, 0.05) is 0 Å². The third-order valence-corrected chi connectivity index (χ3v) is 8.98. The number of rotatable bonds is 5. The highest BCUT2D eigenvalue weighted by atomic mass is 19.1. The summed E-state index contributed by atoms with van der Waals surface area (Å²) in [5, 5.41) is 0. The molecule has 1 aromatic rings. The van der Waals surface area contributed by atoms with E-state index in [1.807, 2.05) is 6.07 Å². The zero-order valence-electron chi connectivity index (χ0n) is 19.0. The van der Waals surface area contributed by atoms with Crippen LogP contribution < -0.4 is 0 Å². The summed E-state index contributed by atoms with van der Waals surface area (Å²) in [5.41, 5.74) is 2.29. The maximum atomic E-state index is 15.1. The molecule has 3 aliphatic carbocycles. The second kappa shape index (κ2) is 9.97. The summed E-state index contributed by atoms with van der Waals surface area (Å²) >= 11 is 0. The van der Waals surface area contributed by atoms with E-state index in [2.05, 4.69) is 26.0 Å². The SMILES string of the molecule is CCCC1CCC(c2ccc(C3CCC(C4CCC(C)CC4)CC3)c(F)c2)CC1. The van der Waals surface area contributed by atoms with Gasteiger partial charge < -0.3 is 0 Å². The van der Waals surface area contributed by atoms with Crippen molar-refractivity contribution < 1.29 is 4.39 Å². The van der Waals surface area contributed by atoms with E-state index < -0.39 is 0 Å². The predicted molar refractivity (Wildman–Crippen MR) is 122 cm³/mol. The molecule has 1 heteroatoms. The zero-order valence-corrected chi connectivity index (χ0v) is 19.0. The molecule has 0 unspecified atom stereocenters. The maximum absolute atomic E-state index is 15.1. The quantitative estimate of drug-likeness (QED) is 0.464. The van der Waals surface area contributed by atoms with Crippen molar-refractivity contribution >= 4 is 0 Å². The Morgan fingerprint density at radius 3 is 1.93 bits per heavy atom. The largest absolute Gasteiger partial charge is 0.207 e. The van der Waals surface area contributed by atoms with Crippen LogP contribution in [0.25, 0.3) is 0 Å². The molecule has 0 nitrogen and oxygen atoms in total. The van der Waals surface area contributed by atoms with Gasteiger partial charge in [-0.15, -0.1) is 0 Å². The first-order chi connectivity index (χ1) is 14.1. The molecule has 0 radical (unpaired) electrons. The zero-order chi connectivity index (χ0) is 20.2. The highest BCUT2D eigenvalue weighted by molar-refractivity contribution is 5.30. The van der Waals surface area contributed by atoms with Crippen molar-refractivity contribution in [1.82, 2.24) is 0 Å². The van der Waals surface area contributed by atoms with Crippen molar-refractivity contribution in [3.63, 3.8) is 0 Å². The van der Waals surface area contributed by atoms with Crippen molar-refractivity contribution in [3.8, 4) is 0 Å². The van der Waals surface area contributed by atoms with E-state index in [1.54, 1.807) is 0 Å². The molecule has 4 rings (SSSR count). The van der Waals surface area contributed by atoms with Gasteiger partial charge in [0.05, 0.1) is 0 Å². The molecule has 0 heterocycles. The van der Waals surface area contributed by atoms with Gasteiger partial charge in [-0.25, -0.2) is 4.39 Å². The molecular formula is C28H43F. The van der Waals surface area contributed by atoms with Crippen LogP contribution in [0.3, 0.4) is 0 Å². The lowest BCUT2D eigenvalue weighted by Gasteiger charge is -2.37. The molecule has 0 aliphatic heterocycles. The van der Waals surface area contributed by atoms with Crippen LogP contribution in [0.15, 0.2) is 18.2 Å². The summed E-state index contributed by atoms with van der Waals surface area (Å²) in [6.45, 7) is 4.71. The molecule has 3 aliphatic rings. The molecule has 0 aromatic heterocycles. The molecular weight excluding hydrogens is 355 g/mol. The van der Waals surface area contributed by atoms with Gasteiger partial charge in [-0.2, -0.15) is 0 Å². The molecule has 0 atom stereocenters. The fraction of sp³-hybridized carbons (Fsp3) is 0.786. The van der Waals surface area contributed by atoms with E-state index in [1.165, 1.54) is 95.5 Å². The van der Waals surface area contributed by atoms with E-state index in [-0.39, 0.29) is 5.82 Å². The fourth-order valence-electron chi connectivity index (χ4n) is 6.98. The maximum Gasteiger partial charge on any atom is 0.126 e. The van der Waals surface area contributed by atoms with Gasteiger partial charge in [0.1, 0.15) is 5.82 Å². The molecule has 29 heavy (non-hydrogen) atoms. The number of benzene rings is 1. The molecule has 3 fully saturated rings. The van der Waals surface area contributed by atoms with Gasteiger partial charge in [-0.1, -0.05) is 51.7 Å². The van der Waals surface area contributed by atoms with E-state index >= 15 is 4.39 Å². The second-order valence-electron chi connectivity index (χ2n) is 10.9. The van der Waals surface area contributed by atoms with Crippen molar-refractivity contribution in [1.29, 1.82) is 0 Å². The molecule has 0 bridgehead atoms. The van der Waals surface area contributed by atoms with Crippen molar-refractivity contribution in [2.24, 2.45) is 23.7 Å². The summed E-state index contributed by atoms with van der Waals surface area (Å²) in [6.07, 6.45) is 18.7. The summed E-state index contributed by atoms with van der Waals surface area (Å²) < 4.78 is 15.1. The van der Waals surface area contributed by atoms with Gasteiger partial charge in [0.2, 0.25) is 0 Å². The first-order valence-electron chi connectivity index (χ1n) is 12.9. The minimum absolute atomic E-state index is 0.0909. The van der Waals surface area contributed by atoms with Crippen molar-refractivity contribution in [3.05, 3.63) is 35.1 Å². The van der Waals surface area contributed by atoms with Gasteiger partial charge in [-0.3, -0.25) is 0 Å². The average Bonchev–Trinajstić information content (AvgIpc) is 2.75. The summed E-state index contributed by atoms with van der Waals surface area (Å²) in [6, 6.07) is 6.35. The van der Waals surface area contributed by atoms with Crippen LogP contribution in [0, 0.1) is 29.5 Å². The van der Waals surface area contributed by atoms with E-state index in [0.717, 1.165) is 29.2 Å². The van der Waals surface area contributed by atoms with Crippen LogP contribution in [0.4, 0.5) is 4.39 Å². The molecule has 0 amide bonds. The van der Waals surface area contributed by atoms with Crippen LogP contribution in [-0.4, -0.2) is 0 Å². The molecule has 3 saturated carbocycles. The Labute approximate surface area is 179 Å². The summed E-state index contributed by atoms with van der Waals surface area (Å²) in [7, 11) is 0. The third kappa shape index (κ3) is 5.26. The van der Waals surface area contributed by atoms with Gasteiger partial charge in [-0.05, 0) is 117 Å². The van der Waals surface area contributed by atoms with E-state index in [4.69, 9.17) is 0 Å². The molecule has 0 N–H and O–H groups in total. The predicted octanol–water partition coefficient (Wildman–Crippen LogP) is 9.00. The van der Waals surface area contributed by atoms with Crippen LogP contribution >= 0.6 is 0 Å².